The highest BCUT2D eigenvalue weighted by Gasteiger charge is 2.22. The van der Waals surface area contributed by atoms with Gasteiger partial charge in [-0.25, -0.2) is 4.39 Å². The molecule has 3 nitrogen and oxygen atoms in total. The average Bonchev–Trinajstić information content (AvgIpc) is 2.36. The maximum Gasteiger partial charge on any atom is 0.309 e. The van der Waals surface area contributed by atoms with E-state index in [9.17, 15) is 9.18 Å². The minimum Gasteiger partial charge on any atom is -0.469 e. The molecule has 1 N–H and O–H groups in total. The van der Waals surface area contributed by atoms with Crippen LogP contribution in [0.4, 0.5) is 4.39 Å². The number of ether oxygens (including phenoxy) is 1. The topological polar surface area (TPSA) is 38.3 Å². The molecular formula is C14H20FNO2. The summed E-state index contributed by atoms with van der Waals surface area (Å²) in [7, 11) is 1.38. The predicted octanol–water partition coefficient (Wildman–Crippen LogP) is 2.67. The van der Waals surface area contributed by atoms with E-state index in [1.54, 1.807) is 6.07 Å². The van der Waals surface area contributed by atoms with Crippen molar-refractivity contribution in [3.8, 4) is 0 Å². The van der Waals surface area contributed by atoms with E-state index < -0.39 is 0 Å². The molecule has 18 heavy (non-hydrogen) atoms. The predicted molar refractivity (Wildman–Crippen MR) is 68.6 cm³/mol. The van der Waals surface area contributed by atoms with Crippen LogP contribution in [-0.2, 0) is 9.53 Å². The molecule has 0 amide bonds. The van der Waals surface area contributed by atoms with Crippen molar-refractivity contribution in [3.05, 3.63) is 35.6 Å². The zero-order valence-electron chi connectivity index (χ0n) is 11.2. The Kier molecular flexibility index (Phi) is 5.28. The Morgan fingerprint density at radius 3 is 2.56 bits per heavy atom. The van der Waals surface area contributed by atoms with Crippen molar-refractivity contribution >= 4 is 5.97 Å². The Bertz CT molecular complexity index is 409. The van der Waals surface area contributed by atoms with E-state index in [0.717, 1.165) is 5.56 Å². The molecule has 3 atom stereocenters. The van der Waals surface area contributed by atoms with Gasteiger partial charge in [-0.2, -0.15) is 0 Å². The lowest BCUT2D eigenvalue weighted by Gasteiger charge is -2.24. The fraction of sp³-hybridized carbons (Fsp3) is 0.500. The summed E-state index contributed by atoms with van der Waals surface area (Å²) in [4.78, 5) is 11.4. The molecule has 0 heterocycles. The first kappa shape index (κ1) is 14.6. The third-order valence-electron chi connectivity index (χ3n) is 3.18. The largest absolute Gasteiger partial charge is 0.469 e. The molecule has 0 aliphatic rings. The number of carbonyl (C=O) groups is 1. The van der Waals surface area contributed by atoms with Gasteiger partial charge in [0.1, 0.15) is 5.82 Å². The van der Waals surface area contributed by atoms with Gasteiger partial charge >= 0.3 is 5.97 Å². The third-order valence-corrected chi connectivity index (χ3v) is 3.18. The fourth-order valence-corrected chi connectivity index (χ4v) is 1.80. The molecule has 0 saturated carbocycles. The first-order chi connectivity index (χ1) is 8.45. The lowest BCUT2D eigenvalue weighted by atomic mass is 10.0. The van der Waals surface area contributed by atoms with Crippen LogP contribution in [0, 0.1) is 11.7 Å². The average molecular weight is 253 g/mol. The van der Waals surface area contributed by atoms with E-state index in [1.165, 1.54) is 19.2 Å². The normalized spacial score (nSPS) is 15.8. The van der Waals surface area contributed by atoms with Gasteiger partial charge in [-0.15, -0.1) is 0 Å². The Labute approximate surface area is 107 Å². The van der Waals surface area contributed by atoms with E-state index >= 15 is 0 Å². The number of benzene rings is 1. The highest BCUT2D eigenvalue weighted by molar-refractivity contribution is 5.72. The van der Waals surface area contributed by atoms with Gasteiger partial charge in [0, 0.05) is 12.1 Å². The molecule has 0 aromatic heterocycles. The lowest BCUT2D eigenvalue weighted by molar-refractivity contribution is -0.145. The Hall–Kier alpha value is -1.42. The molecule has 4 heteroatoms. The smallest absolute Gasteiger partial charge is 0.309 e. The molecule has 1 aromatic rings. The van der Waals surface area contributed by atoms with Crippen LogP contribution in [0.2, 0.25) is 0 Å². The summed E-state index contributed by atoms with van der Waals surface area (Å²) in [5.74, 6) is -0.748. The minimum atomic E-state index is -0.255. The van der Waals surface area contributed by atoms with Crippen molar-refractivity contribution in [2.24, 2.45) is 5.92 Å². The van der Waals surface area contributed by atoms with Gasteiger partial charge in [-0.05, 0) is 31.5 Å². The van der Waals surface area contributed by atoms with Gasteiger partial charge in [0.25, 0.3) is 0 Å². The highest BCUT2D eigenvalue weighted by Crippen LogP contribution is 2.16. The van der Waals surface area contributed by atoms with Crippen molar-refractivity contribution in [2.45, 2.75) is 32.9 Å². The number of methoxy groups -OCH3 is 1. The minimum absolute atomic E-state index is 0.0252. The molecule has 100 valence electrons. The number of hydrogen-bond acceptors (Lipinski definition) is 3. The van der Waals surface area contributed by atoms with E-state index in [-0.39, 0.29) is 29.8 Å². The zero-order valence-corrected chi connectivity index (χ0v) is 11.2. The van der Waals surface area contributed by atoms with Gasteiger partial charge < -0.3 is 10.1 Å². The van der Waals surface area contributed by atoms with Gasteiger partial charge in [0.2, 0.25) is 0 Å². The summed E-state index contributed by atoms with van der Waals surface area (Å²) in [5.41, 5.74) is 0.860. The maximum atomic E-state index is 13.1. The van der Waals surface area contributed by atoms with Crippen molar-refractivity contribution in [1.29, 1.82) is 0 Å². The van der Waals surface area contributed by atoms with Crippen LogP contribution in [-0.4, -0.2) is 19.1 Å². The number of esters is 1. The van der Waals surface area contributed by atoms with Gasteiger partial charge in [-0.3, -0.25) is 4.79 Å². The molecule has 0 spiro atoms. The van der Waals surface area contributed by atoms with Crippen LogP contribution in [0.15, 0.2) is 24.3 Å². The lowest BCUT2D eigenvalue weighted by Crippen LogP contribution is -2.38. The summed E-state index contributed by atoms with van der Waals surface area (Å²) < 4.78 is 17.8. The molecule has 2 unspecified atom stereocenters. The van der Waals surface area contributed by atoms with Crippen molar-refractivity contribution in [3.63, 3.8) is 0 Å². The van der Waals surface area contributed by atoms with E-state index in [1.807, 2.05) is 26.8 Å². The van der Waals surface area contributed by atoms with Crippen LogP contribution in [0.25, 0.3) is 0 Å². The molecule has 0 saturated heterocycles. The molecule has 0 aliphatic carbocycles. The number of carbonyl (C=O) groups excluding carboxylic acids is 1. The van der Waals surface area contributed by atoms with Crippen LogP contribution in [0.3, 0.4) is 0 Å². The molecule has 0 aliphatic heterocycles. The van der Waals surface area contributed by atoms with Crippen LogP contribution >= 0.6 is 0 Å². The van der Waals surface area contributed by atoms with E-state index in [0.29, 0.717) is 0 Å². The first-order valence-electron chi connectivity index (χ1n) is 6.05. The number of hydrogen-bond donors (Lipinski definition) is 1. The second-order valence-corrected chi connectivity index (χ2v) is 4.54. The molecule has 0 bridgehead atoms. The Morgan fingerprint density at radius 2 is 2.00 bits per heavy atom. The van der Waals surface area contributed by atoms with Crippen molar-refractivity contribution in [2.75, 3.05) is 7.11 Å². The Balaban J connectivity index is 2.64. The van der Waals surface area contributed by atoms with Crippen LogP contribution < -0.4 is 5.32 Å². The highest BCUT2D eigenvalue weighted by atomic mass is 19.1. The molecule has 0 radical (unpaired) electrons. The van der Waals surface area contributed by atoms with Gasteiger partial charge in [-0.1, -0.05) is 19.1 Å². The van der Waals surface area contributed by atoms with Gasteiger partial charge in [0.15, 0.2) is 0 Å². The second-order valence-electron chi connectivity index (χ2n) is 4.54. The summed E-state index contributed by atoms with van der Waals surface area (Å²) >= 11 is 0. The number of rotatable bonds is 5. The van der Waals surface area contributed by atoms with Crippen LogP contribution in [0.1, 0.15) is 32.4 Å². The monoisotopic (exact) mass is 253 g/mol. The Morgan fingerprint density at radius 1 is 1.33 bits per heavy atom. The molecule has 0 fully saturated rings. The standard InChI is InChI=1S/C14H20FNO2/c1-9(14(17)18-4)10(2)16-11(3)12-6-5-7-13(15)8-12/h5-11,16H,1-4H3/t9?,10?,11-/m1/s1. The second kappa shape index (κ2) is 6.50. The summed E-state index contributed by atoms with van der Waals surface area (Å²) in [5, 5.41) is 3.27. The molecular weight excluding hydrogens is 233 g/mol. The quantitative estimate of drug-likeness (QED) is 0.820. The van der Waals surface area contributed by atoms with Crippen molar-refractivity contribution in [1.82, 2.24) is 5.32 Å². The number of halogens is 1. The molecule has 1 rings (SSSR count). The fourth-order valence-electron chi connectivity index (χ4n) is 1.80. The third kappa shape index (κ3) is 3.81. The summed E-state index contributed by atoms with van der Waals surface area (Å²) in [6.45, 7) is 5.66. The summed E-state index contributed by atoms with van der Waals surface area (Å²) in [6, 6.07) is 6.37. The molecule has 1 aromatic carbocycles. The van der Waals surface area contributed by atoms with E-state index in [2.05, 4.69) is 5.32 Å². The zero-order chi connectivity index (χ0) is 13.7. The maximum absolute atomic E-state index is 13.1. The number of nitrogens with one attached hydrogen (secondary N) is 1. The van der Waals surface area contributed by atoms with Gasteiger partial charge in [0.05, 0.1) is 13.0 Å². The first-order valence-corrected chi connectivity index (χ1v) is 6.05. The SMILES string of the molecule is COC(=O)C(C)C(C)N[C@H](C)c1cccc(F)c1. The summed E-state index contributed by atoms with van der Waals surface area (Å²) in [6.07, 6.45) is 0. The van der Waals surface area contributed by atoms with Crippen LogP contribution in [0.5, 0.6) is 0 Å². The van der Waals surface area contributed by atoms with Crippen molar-refractivity contribution < 1.29 is 13.9 Å². The van der Waals surface area contributed by atoms with E-state index in [4.69, 9.17) is 4.74 Å².